The molecule has 2 unspecified atom stereocenters. The molecule has 14 heavy (non-hydrogen) atoms. The van der Waals surface area contributed by atoms with E-state index in [0.717, 1.165) is 11.6 Å². The predicted octanol–water partition coefficient (Wildman–Crippen LogP) is 2.38. The van der Waals surface area contributed by atoms with E-state index < -0.39 is 0 Å². The van der Waals surface area contributed by atoms with Crippen LogP contribution in [0.5, 0.6) is 0 Å². The average Bonchev–Trinajstić information content (AvgIpc) is 2.71. The van der Waals surface area contributed by atoms with Crippen LogP contribution in [0, 0.1) is 12.8 Å². The second kappa shape index (κ2) is 3.73. The summed E-state index contributed by atoms with van der Waals surface area (Å²) in [7, 11) is 0. The second-order valence-electron chi connectivity index (χ2n) is 4.23. The average molecular weight is 195 g/mol. The van der Waals surface area contributed by atoms with E-state index in [0.29, 0.717) is 17.6 Å². The molecule has 0 radical (unpaired) electrons. The summed E-state index contributed by atoms with van der Waals surface area (Å²) < 4.78 is 5.56. The van der Waals surface area contributed by atoms with Gasteiger partial charge in [0, 0.05) is 5.92 Å². The van der Waals surface area contributed by atoms with Crippen LogP contribution < -0.4 is 0 Å². The minimum atomic E-state index is -0.0417. The molecule has 1 fully saturated rings. The van der Waals surface area contributed by atoms with Gasteiger partial charge in [0.15, 0.2) is 11.7 Å². The van der Waals surface area contributed by atoms with Gasteiger partial charge in [-0.3, -0.25) is 0 Å². The Hall–Kier alpha value is -0.830. The number of hydrogen-bond donors (Lipinski definition) is 1. The fraction of sp³-hybridized carbons (Fsp3) is 0.727. The number of hydrogen-bond acceptors (Lipinski definition) is 3. The molecule has 3 heteroatoms. The summed E-state index contributed by atoms with van der Waals surface area (Å²) in [5.74, 6) is 2.59. The zero-order valence-electron chi connectivity index (χ0n) is 8.79. The van der Waals surface area contributed by atoms with Gasteiger partial charge in [-0.15, -0.1) is 0 Å². The van der Waals surface area contributed by atoms with Crippen LogP contribution in [0.15, 0.2) is 4.42 Å². The first kappa shape index (κ1) is 9.71. The highest BCUT2D eigenvalue weighted by Gasteiger charge is 2.29. The molecule has 2 atom stereocenters. The molecule has 2 rings (SSSR count). The highest BCUT2D eigenvalue weighted by Crippen LogP contribution is 2.39. The molecule has 0 bridgehead atoms. The van der Waals surface area contributed by atoms with Gasteiger partial charge in [0.2, 0.25) is 0 Å². The summed E-state index contributed by atoms with van der Waals surface area (Å²) in [6.07, 6.45) is 3.70. The van der Waals surface area contributed by atoms with Crippen LogP contribution in [-0.4, -0.2) is 10.1 Å². The maximum absolute atomic E-state index is 9.01. The summed E-state index contributed by atoms with van der Waals surface area (Å²) in [6, 6.07) is 0. The van der Waals surface area contributed by atoms with Crippen LogP contribution in [0.4, 0.5) is 0 Å². The van der Waals surface area contributed by atoms with E-state index in [1.165, 1.54) is 19.3 Å². The van der Waals surface area contributed by atoms with Crippen molar-refractivity contribution in [3.8, 4) is 0 Å². The lowest BCUT2D eigenvalue weighted by Gasteiger charge is -2.09. The molecule has 0 spiro atoms. The third-order valence-electron chi connectivity index (χ3n) is 3.23. The molecule has 78 valence electrons. The van der Waals surface area contributed by atoms with Crippen molar-refractivity contribution in [3.63, 3.8) is 0 Å². The molecule has 0 aromatic carbocycles. The minimum Gasteiger partial charge on any atom is -0.443 e. The molecule has 1 aliphatic carbocycles. The van der Waals surface area contributed by atoms with Gasteiger partial charge in [-0.1, -0.05) is 13.3 Å². The number of aryl methyl sites for hydroxylation is 1. The predicted molar refractivity (Wildman–Crippen MR) is 52.9 cm³/mol. The van der Waals surface area contributed by atoms with Crippen molar-refractivity contribution in [2.24, 2.45) is 5.92 Å². The Morgan fingerprint density at radius 2 is 2.29 bits per heavy atom. The first-order valence-electron chi connectivity index (χ1n) is 5.29. The standard InChI is InChI=1S/C11H17NO2/c1-7-4-3-5-9(7)11-12-8(2)10(6-13)14-11/h7,9,13H,3-6H2,1-2H3. The van der Waals surface area contributed by atoms with E-state index in [4.69, 9.17) is 9.52 Å². The van der Waals surface area contributed by atoms with Crippen molar-refractivity contribution < 1.29 is 9.52 Å². The van der Waals surface area contributed by atoms with E-state index in [1.807, 2.05) is 6.92 Å². The highest BCUT2D eigenvalue weighted by molar-refractivity contribution is 5.10. The Kier molecular flexibility index (Phi) is 2.59. The Labute approximate surface area is 84.2 Å². The van der Waals surface area contributed by atoms with Gasteiger partial charge in [0.05, 0.1) is 5.69 Å². The van der Waals surface area contributed by atoms with Gasteiger partial charge in [0.25, 0.3) is 0 Å². The van der Waals surface area contributed by atoms with E-state index in [-0.39, 0.29) is 6.61 Å². The van der Waals surface area contributed by atoms with Crippen molar-refractivity contribution in [1.29, 1.82) is 0 Å². The molecular weight excluding hydrogens is 178 g/mol. The largest absolute Gasteiger partial charge is 0.443 e. The van der Waals surface area contributed by atoms with E-state index in [1.54, 1.807) is 0 Å². The van der Waals surface area contributed by atoms with Crippen LogP contribution >= 0.6 is 0 Å². The molecule has 3 nitrogen and oxygen atoms in total. The smallest absolute Gasteiger partial charge is 0.198 e. The second-order valence-corrected chi connectivity index (χ2v) is 4.23. The fourth-order valence-electron chi connectivity index (χ4n) is 2.27. The maximum Gasteiger partial charge on any atom is 0.198 e. The molecule has 0 amide bonds. The van der Waals surface area contributed by atoms with Crippen molar-refractivity contribution in [1.82, 2.24) is 4.98 Å². The van der Waals surface area contributed by atoms with Crippen LogP contribution in [0.3, 0.4) is 0 Å². The lowest BCUT2D eigenvalue weighted by atomic mass is 9.98. The Bertz CT molecular complexity index is 319. The van der Waals surface area contributed by atoms with Crippen molar-refractivity contribution >= 4 is 0 Å². The summed E-state index contributed by atoms with van der Waals surface area (Å²) in [5.41, 5.74) is 0.835. The Morgan fingerprint density at radius 3 is 2.79 bits per heavy atom. The molecular formula is C11H17NO2. The van der Waals surface area contributed by atoms with E-state index >= 15 is 0 Å². The van der Waals surface area contributed by atoms with Crippen molar-refractivity contribution in [2.45, 2.75) is 45.6 Å². The zero-order chi connectivity index (χ0) is 10.1. The number of aliphatic hydroxyl groups excluding tert-OH is 1. The Morgan fingerprint density at radius 1 is 1.50 bits per heavy atom. The topological polar surface area (TPSA) is 46.3 Å². The molecule has 1 heterocycles. The van der Waals surface area contributed by atoms with E-state index in [2.05, 4.69) is 11.9 Å². The number of rotatable bonds is 2. The molecule has 0 aliphatic heterocycles. The third-order valence-corrected chi connectivity index (χ3v) is 3.23. The SMILES string of the molecule is Cc1nc(C2CCCC2C)oc1CO. The first-order chi connectivity index (χ1) is 6.72. The highest BCUT2D eigenvalue weighted by atomic mass is 16.4. The zero-order valence-corrected chi connectivity index (χ0v) is 8.79. The fourth-order valence-corrected chi connectivity index (χ4v) is 2.27. The summed E-state index contributed by atoms with van der Waals surface area (Å²) >= 11 is 0. The van der Waals surface area contributed by atoms with Crippen LogP contribution in [0.1, 0.15) is 49.4 Å². The molecule has 0 saturated heterocycles. The van der Waals surface area contributed by atoms with Crippen molar-refractivity contribution in [3.05, 3.63) is 17.3 Å². The van der Waals surface area contributed by atoms with Crippen LogP contribution in [0.2, 0.25) is 0 Å². The third kappa shape index (κ3) is 1.57. The quantitative estimate of drug-likeness (QED) is 0.788. The summed E-state index contributed by atoms with van der Waals surface area (Å²) in [5, 5.41) is 9.01. The molecule has 1 aromatic rings. The van der Waals surface area contributed by atoms with Gasteiger partial charge < -0.3 is 9.52 Å². The van der Waals surface area contributed by atoms with Gasteiger partial charge >= 0.3 is 0 Å². The lowest BCUT2D eigenvalue weighted by Crippen LogP contribution is -2.02. The first-order valence-corrected chi connectivity index (χ1v) is 5.29. The molecule has 1 aromatic heterocycles. The minimum absolute atomic E-state index is 0.0417. The monoisotopic (exact) mass is 195 g/mol. The van der Waals surface area contributed by atoms with E-state index in [9.17, 15) is 0 Å². The van der Waals surface area contributed by atoms with Crippen LogP contribution in [-0.2, 0) is 6.61 Å². The number of aromatic nitrogens is 1. The molecule has 1 N–H and O–H groups in total. The van der Waals surface area contributed by atoms with Gasteiger partial charge in [-0.05, 0) is 25.7 Å². The van der Waals surface area contributed by atoms with Crippen molar-refractivity contribution in [2.75, 3.05) is 0 Å². The normalized spacial score (nSPS) is 27.1. The lowest BCUT2D eigenvalue weighted by molar-refractivity contribution is 0.238. The summed E-state index contributed by atoms with van der Waals surface area (Å²) in [6.45, 7) is 4.09. The van der Waals surface area contributed by atoms with Gasteiger partial charge in [-0.2, -0.15) is 0 Å². The maximum atomic E-state index is 9.01. The molecule has 1 saturated carbocycles. The number of aliphatic hydroxyl groups is 1. The summed E-state index contributed by atoms with van der Waals surface area (Å²) in [4.78, 5) is 4.39. The van der Waals surface area contributed by atoms with Crippen LogP contribution in [0.25, 0.3) is 0 Å². The Balaban J connectivity index is 2.23. The number of nitrogens with zero attached hydrogens (tertiary/aromatic N) is 1. The van der Waals surface area contributed by atoms with Gasteiger partial charge in [-0.25, -0.2) is 4.98 Å². The number of oxazole rings is 1. The molecule has 1 aliphatic rings. The van der Waals surface area contributed by atoms with Gasteiger partial charge in [0.1, 0.15) is 6.61 Å².